The maximum Gasteiger partial charge on any atom is 0.274 e. The number of ether oxygens (including phenoxy) is 2. The zero-order chi connectivity index (χ0) is 18.2. The van der Waals surface area contributed by atoms with Crippen LogP contribution >= 0.6 is 0 Å². The number of piperidine rings is 1. The van der Waals surface area contributed by atoms with Gasteiger partial charge in [-0.15, -0.1) is 0 Å². The van der Waals surface area contributed by atoms with Gasteiger partial charge in [0.05, 0.1) is 5.69 Å². The lowest BCUT2D eigenvalue weighted by Gasteiger charge is -2.33. The number of nitrogens with zero attached hydrogens (tertiary/aromatic N) is 4. The average molecular weight is 368 g/mol. The number of aromatic amines is 1. The molecule has 0 bridgehead atoms. The molecule has 2 aliphatic heterocycles. The standard InChI is InChI=1S/C18H20N6O3/c25-17-7-14(22-18-19-10-20-24(17)18)9-23-5-1-2-13(8-23)21-12-3-4-15-16(6-12)27-11-26-15/h3-4,6-7,10,13,21H,1-2,5,8-9,11H2,(H,19,20,22). The lowest BCUT2D eigenvalue weighted by molar-refractivity contribution is 0.174. The lowest BCUT2D eigenvalue weighted by atomic mass is 10.0. The Morgan fingerprint density at radius 2 is 2.19 bits per heavy atom. The van der Waals surface area contributed by atoms with Crippen LogP contribution in [0.2, 0.25) is 0 Å². The molecular weight excluding hydrogens is 348 g/mol. The molecule has 2 N–H and O–H groups in total. The van der Waals surface area contributed by atoms with Crippen molar-refractivity contribution in [1.29, 1.82) is 0 Å². The molecule has 0 aliphatic carbocycles. The Kier molecular flexibility index (Phi) is 3.93. The van der Waals surface area contributed by atoms with Gasteiger partial charge in [-0.05, 0) is 31.5 Å². The number of fused-ring (bicyclic) bond motifs is 2. The minimum Gasteiger partial charge on any atom is -0.454 e. The summed E-state index contributed by atoms with van der Waals surface area (Å²) in [6.45, 7) is 2.79. The number of hydrogen-bond acceptors (Lipinski definition) is 7. The molecule has 1 saturated heterocycles. The predicted molar refractivity (Wildman–Crippen MR) is 98.1 cm³/mol. The van der Waals surface area contributed by atoms with E-state index in [2.05, 4.69) is 25.3 Å². The third-order valence-corrected chi connectivity index (χ3v) is 4.96. The van der Waals surface area contributed by atoms with Crippen molar-refractivity contribution in [3.8, 4) is 11.5 Å². The Balaban J connectivity index is 1.27. The van der Waals surface area contributed by atoms with Crippen LogP contribution in [0.5, 0.6) is 11.5 Å². The van der Waals surface area contributed by atoms with E-state index in [1.165, 1.54) is 10.8 Å². The number of likely N-dealkylation sites (tertiary alicyclic amines) is 1. The van der Waals surface area contributed by atoms with Crippen LogP contribution in [-0.4, -0.2) is 50.4 Å². The fraction of sp³-hybridized carbons (Fsp3) is 0.389. The van der Waals surface area contributed by atoms with Crippen LogP contribution < -0.4 is 20.3 Å². The van der Waals surface area contributed by atoms with Crippen LogP contribution in [0.3, 0.4) is 0 Å². The van der Waals surface area contributed by atoms with Crippen molar-refractivity contribution in [3.05, 3.63) is 46.6 Å². The SMILES string of the molecule is O=c1cc(CN2CCCC(Nc3ccc4c(c3)OCO4)C2)nc2nc[nH]n12. The summed E-state index contributed by atoms with van der Waals surface area (Å²) in [7, 11) is 0. The summed E-state index contributed by atoms with van der Waals surface area (Å²) >= 11 is 0. The molecule has 1 aromatic carbocycles. The molecule has 5 rings (SSSR count). The first-order chi connectivity index (χ1) is 13.2. The van der Waals surface area contributed by atoms with Gasteiger partial charge < -0.3 is 14.8 Å². The number of H-pyrrole nitrogens is 1. The first-order valence-corrected chi connectivity index (χ1v) is 9.05. The summed E-state index contributed by atoms with van der Waals surface area (Å²) < 4.78 is 12.1. The van der Waals surface area contributed by atoms with Gasteiger partial charge in [0, 0.05) is 37.0 Å². The van der Waals surface area contributed by atoms with Gasteiger partial charge >= 0.3 is 0 Å². The Morgan fingerprint density at radius 1 is 1.26 bits per heavy atom. The van der Waals surface area contributed by atoms with Crippen LogP contribution in [0.25, 0.3) is 5.78 Å². The van der Waals surface area contributed by atoms with Gasteiger partial charge in [-0.1, -0.05) is 0 Å². The Hall–Kier alpha value is -3.07. The number of nitrogens with one attached hydrogen (secondary N) is 2. The van der Waals surface area contributed by atoms with E-state index in [0.29, 0.717) is 18.4 Å². The zero-order valence-corrected chi connectivity index (χ0v) is 14.7. The van der Waals surface area contributed by atoms with Gasteiger partial charge in [0.25, 0.3) is 11.3 Å². The fourth-order valence-corrected chi connectivity index (χ4v) is 3.72. The van der Waals surface area contributed by atoms with Gasteiger partial charge in [-0.3, -0.25) is 14.8 Å². The van der Waals surface area contributed by atoms with Gasteiger partial charge in [0.1, 0.15) is 6.33 Å². The minimum absolute atomic E-state index is 0.139. The predicted octanol–water partition coefficient (Wildman–Crippen LogP) is 1.22. The smallest absolute Gasteiger partial charge is 0.274 e. The second-order valence-electron chi connectivity index (χ2n) is 6.90. The number of rotatable bonds is 4. The van der Waals surface area contributed by atoms with Crippen LogP contribution in [0.4, 0.5) is 5.69 Å². The van der Waals surface area contributed by atoms with Gasteiger partial charge in [-0.25, -0.2) is 9.97 Å². The van der Waals surface area contributed by atoms with Crippen LogP contribution in [-0.2, 0) is 6.54 Å². The van der Waals surface area contributed by atoms with Crippen molar-refractivity contribution in [3.63, 3.8) is 0 Å². The number of hydrogen-bond donors (Lipinski definition) is 2. The normalized spacial score (nSPS) is 19.5. The van der Waals surface area contributed by atoms with E-state index < -0.39 is 0 Å². The molecule has 0 radical (unpaired) electrons. The molecule has 9 heteroatoms. The van der Waals surface area contributed by atoms with Crippen LogP contribution in [0.15, 0.2) is 35.4 Å². The molecule has 2 aromatic heterocycles. The van der Waals surface area contributed by atoms with E-state index in [0.717, 1.165) is 48.8 Å². The first-order valence-electron chi connectivity index (χ1n) is 9.05. The molecule has 2 aliphatic rings. The van der Waals surface area contributed by atoms with E-state index in [4.69, 9.17) is 9.47 Å². The van der Waals surface area contributed by atoms with E-state index in [-0.39, 0.29) is 12.4 Å². The highest BCUT2D eigenvalue weighted by Gasteiger charge is 2.22. The second-order valence-corrected chi connectivity index (χ2v) is 6.90. The minimum atomic E-state index is -0.139. The molecule has 4 heterocycles. The summed E-state index contributed by atoms with van der Waals surface area (Å²) in [5.74, 6) is 1.98. The molecule has 1 unspecified atom stereocenters. The molecule has 0 saturated carbocycles. The number of benzene rings is 1. The highest BCUT2D eigenvalue weighted by Crippen LogP contribution is 2.34. The third-order valence-electron chi connectivity index (χ3n) is 4.96. The van der Waals surface area contributed by atoms with Crippen molar-refractivity contribution < 1.29 is 9.47 Å². The summed E-state index contributed by atoms with van der Waals surface area (Å²) in [6.07, 6.45) is 3.66. The monoisotopic (exact) mass is 368 g/mol. The fourth-order valence-electron chi connectivity index (χ4n) is 3.72. The quantitative estimate of drug-likeness (QED) is 0.715. The molecule has 27 heavy (non-hydrogen) atoms. The van der Waals surface area contributed by atoms with Crippen molar-refractivity contribution in [2.75, 3.05) is 25.2 Å². The maximum atomic E-state index is 12.1. The van der Waals surface area contributed by atoms with Crippen molar-refractivity contribution in [2.24, 2.45) is 0 Å². The molecular formula is C18H20N6O3. The topological polar surface area (TPSA) is 96.8 Å². The van der Waals surface area contributed by atoms with E-state index in [9.17, 15) is 4.79 Å². The summed E-state index contributed by atoms with van der Waals surface area (Å²) in [5.41, 5.74) is 1.63. The Bertz CT molecular complexity index is 1030. The molecule has 1 atom stereocenters. The number of aromatic nitrogens is 4. The highest BCUT2D eigenvalue weighted by molar-refractivity contribution is 5.56. The summed E-state index contributed by atoms with van der Waals surface area (Å²) in [5, 5.41) is 6.34. The highest BCUT2D eigenvalue weighted by atomic mass is 16.7. The maximum absolute atomic E-state index is 12.1. The Morgan fingerprint density at radius 3 is 3.15 bits per heavy atom. The van der Waals surface area contributed by atoms with Crippen molar-refractivity contribution >= 4 is 11.5 Å². The van der Waals surface area contributed by atoms with Crippen LogP contribution in [0.1, 0.15) is 18.5 Å². The average Bonchev–Trinajstić information content (AvgIpc) is 3.31. The zero-order valence-electron chi connectivity index (χ0n) is 14.7. The van der Waals surface area contributed by atoms with Crippen LogP contribution in [0, 0.1) is 0 Å². The van der Waals surface area contributed by atoms with Gasteiger partial charge in [0.2, 0.25) is 6.79 Å². The number of anilines is 1. The molecule has 140 valence electrons. The molecule has 0 spiro atoms. The second kappa shape index (κ2) is 6.58. The largest absolute Gasteiger partial charge is 0.454 e. The molecule has 0 amide bonds. The van der Waals surface area contributed by atoms with Crippen molar-refractivity contribution in [1.82, 2.24) is 24.5 Å². The van der Waals surface area contributed by atoms with E-state index in [1.54, 1.807) is 6.07 Å². The molecule has 9 nitrogen and oxygen atoms in total. The van der Waals surface area contributed by atoms with Gasteiger partial charge in [0.15, 0.2) is 11.5 Å². The molecule has 3 aromatic rings. The summed E-state index contributed by atoms with van der Waals surface area (Å²) in [6, 6.07) is 7.83. The molecule has 1 fully saturated rings. The van der Waals surface area contributed by atoms with Gasteiger partial charge in [-0.2, -0.15) is 4.52 Å². The van der Waals surface area contributed by atoms with E-state index >= 15 is 0 Å². The van der Waals surface area contributed by atoms with E-state index in [1.807, 2.05) is 18.2 Å². The Labute approximate surface area is 154 Å². The summed E-state index contributed by atoms with van der Waals surface area (Å²) in [4.78, 5) is 23.0. The third kappa shape index (κ3) is 3.21. The van der Waals surface area contributed by atoms with Crippen molar-refractivity contribution in [2.45, 2.75) is 25.4 Å². The first kappa shape index (κ1) is 16.1. The lowest BCUT2D eigenvalue weighted by Crippen LogP contribution is -2.41.